The Hall–Kier alpha value is -1.40. The Morgan fingerprint density at radius 2 is 2.00 bits per heavy atom. The number of rotatable bonds is 5. The summed E-state index contributed by atoms with van der Waals surface area (Å²) in [7, 11) is -2.16. The van der Waals surface area contributed by atoms with Crippen LogP contribution in [-0.4, -0.2) is 36.9 Å². The van der Waals surface area contributed by atoms with Gasteiger partial charge in [0.25, 0.3) is 0 Å². The maximum absolute atomic E-state index is 12.5. The van der Waals surface area contributed by atoms with Gasteiger partial charge in [-0.2, -0.15) is 4.31 Å². The average Bonchev–Trinajstić information content (AvgIpc) is 2.36. The van der Waals surface area contributed by atoms with Gasteiger partial charge in [-0.25, -0.2) is 13.2 Å². The predicted octanol–water partition coefficient (Wildman–Crippen LogP) is 2.11. The third kappa shape index (κ3) is 3.13. The number of sulfonamides is 1. The number of aryl methyl sites for hydroxylation is 1. The van der Waals surface area contributed by atoms with Crippen molar-refractivity contribution >= 4 is 16.0 Å². The molecule has 106 valence electrons. The molecule has 0 spiro atoms. The number of carboxylic acids is 1. The average molecular weight is 285 g/mol. The predicted molar refractivity (Wildman–Crippen MR) is 72.8 cm³/mol. The van der Waals surface area contributed by atoms with E-state index in [2.05, 4.69) is 0 Å². The second-order valence-corrected chi connectivity index (χ2v) is 6.53. The van der Waals surface area contributed by atoms with E-state index in [4.69, 9.17) is 5.11 Å². The number of hydrogen-bond donors (Lipinski definition) is 1. The van der Waals surface area contributed by atoms with E-state index < -0.39 is 16.0 Å². The number of carboxylic acid groups (broad SMARTS) is 1. The molecule has 1 aromatic rings. The van der Waals surface area contributed by atoms with Crippen molar-refractivity contribution in [1.82, 2.24) is 4.31 Å². The first-order chi connectivity index (χ1) is 8.71. The Kier molecular flexibility index (Phi) is 4.70. The topological polar surface area (TPSA) is 74.7 Å². The molecular weight excluding hydrogens is 266 g/mol. The molecule has 5 nitrogen and oxygen atoms in total. The normalized spacial score (nSPS) is 13.5. The van der Waals surface area contributed by atoms with Crippen LogP contribution in [0.25, 0.3) is 0 Å². The van der Waals surface area contributed by atoms with E-state index in [-0.39, 0.29) is 16.5 Å². The summed E-state index contributed by atoms with van der Waals surface area (Å²) >= 11 is 0. The number of benzene rings is 1. The smallest absolute Gasteiger partial charge is 0.335 e. The molecule has 1 unspecified atom stereocenters. The van der Waals surface area contributed by atoms with Crippen molar-refractivity contribution in [2.75, 3.05) is 7.05 Å². The second kappa shape index (κ2) is 5.71. The molecule has 1 N–H and O–H groups in total. The number of aromatic carboxylic acids is 1. The Bertz CT molecular complexity index is 580. The molecule has 0 aliphatic rings. The van der Waals surface area contributed by atoms with Crippen LogP contribution in [0.5, 0.6) is 0 Å². The highest BCUT2D eigenvalue weighted by molar-refractivity contribution is 7.89. The minimum atomic E-state index is -3.67. The van der Waals surface area contributed by atoms with E-state index in [1.165, 1.54) is 29.6 Å². The molecule has 1 rings (SSSR count). The van der Waals surface area contributed by atoms with E-state index in [9.17, 15) is 13.2 Å². The van der Waals surface area contributed by atoms with Crippen molar-refractivity contribution in [2.45, 2.75) is 38.1 Å². The molecule has 0 aliphatic heterocycles. The van der Waals surface area contributed by atoms with Gasteiger partial charge < -0.3 is 5.11 Å². The first-order valence-electron chi connectivity index (χ1n) is 6.03. The molecule has 0 aliphatic carbocycles. The Morgan fingerprint density at radius 1 is 1.42 bits per heavy atom. The van der Waals surface area contributed by atoms with Crippen molar-refractivity contribution in [3.63, 3.8) is 0 Å². The van der Waals surface area contributed by atoms with Crippen LogP contribution in [0.2, 0.25) is 0 Å². The van der Waals surface area contributed by atoms with Gasteiger partial charge in [-0.05, 0) is 38.0 Å². The second-order valence-electron chi connectivity index (χ2n) is 4.56. The number of nitrogens with zero attached hydrogens (tertiary/aromatic N) is 1. The summed E-state index contributed by atoms with van der Waals surface area (Å²) < 4.78 is 26.2. The molecule has 0 heterocycles. The molecule has 0 amide bonds. The SMILES string of the molecule is CCC(C)N(C)S(=O)(=O)c1cc(C(=O)O)ccc1C. The van der Waals surface area contributed by atoms with E-state index in [1.807, 2.05) is 13.8 Å². The standard InChI is InChI=1S/C13H19NO4S/c1-5-10(3)14(4)19(17,18)12-8-11(13(15)16)7-6-9(12)2/h6-8,10H,5H2,1-4H3,(H,15,16). The summed E-state index contributed by atoms with van der Waals surface area (Å²) in [4.78, 5) is 11.0. The first kappa shape index (κ1) is 15.7. The molecule has 0 fully saturated rings. The van der Waals surface area contributed by atoms with Crippen molar-refractivity contribution in [3.8, 4) is 0 Å². The summed E-state index contributed by atoms with van der Waals surface area (Å²) in [5.74, 6) is -1.14. The zero-order chi connectivity index (χ0) is 14.8. The molecule has 0 radical (unpaired) electrons. The van der Waals surface area contributed by atoms with E-state index in [1.54, 1.807) is 6.92 Å². The summed E-state index contributed by atoms with van der Waals surface area (Å²) in [6.45, 7) is 5.37. The molecule has 1 atom stereocenters. The highest BCUT2D eigenvalue weighted by Crippen LogP contribution is 2.22. The van der Waals surface area contributed by atoms with Gasteiger partial charge in [-0.15, -0.1) is 0 Å². The number of hydrogen-bond acceptors (Lipinski definition) is 3. The molecule has 0 bridgehead atoms. The van der Waals surface area contributed by atoms with Crippen molar-refractivity contribution < 1.29 is 18.3 Å². The molecule has 6 heteroatoms. The Morgan fingerprint density at radius 3 is 2.47 bits per heavy atom. The third-order valence-electron chi connectivity index (χ3n) is 3.30. The monoisotopic (exact) mass is 285 g/mol. The largest absolute Gasteiger partial charge is 0.478 e. The zero-order valence-corrected chi connectivity index (χ0v) is 12.4. The van der Waals surface area contributed by atoms with Gasteiger partial charge >= 0.3 is 5.97 Å². The third-order valence-corrected chi connectivity index (χ3v) is 5.42. The van der Waals surface area contributed by atoms with E-state index in [0.29, 0.717) is 12.0 Å². The highest BCUT2D eigenvalue weighted by atomic mass is 32.2. The summed E-state index contributed by atoms with van der Waals surface area (Å²) in [5, 5.41) is 8.95. The minimum Gasteiger partial charge on any atom is -0.478 e. The Labute approximate surface area is 113 Å². The van der Waals surface area contributed by atoms with Crippen LogP contribution in [0.4, 0.5) is 0 Å². The van der Waals surface area contributed by atoms with Crippen molar-refractivity contribution in [3.05, 3.63) is 29.3 Å². The number of carbonyl (C=O) groups is 1. The van der Waals surface area contributed by atoms with Crippen LogP contribution in [-0.2, 0) is 10.0 Å². The lowest BCUT2D eigenvalue weighted by atomic mass is 10.1. The molecule has 0 saturated carbocycles. The lowest BCUT2D eigenvalue weighted by Gasteiger charge is -2.24. The van der Waals surface area contributed by atoms with Gasteiger partial charge in [0, 0.05) is 13.1 Å². The summed E-state index contributed by atoms with van der Waals surface area (Å²) in [5.41, 5.74) is 0.516. The van der Waals surface area contributed by atoms with Gasteiger partial charge in [0.2, 0.25) is 10.0 Å². The fourth-order valence-corrected chi connectivity index (χ4v) is 3.34. The zero-order valence-electron chi connectivity index (χ0n) is 11.5. The molecular formula is C13H19NO4S. The lowest BCUT2D eigenvalue weighted by Crippen LogP contribution is -2.35. The van der Waals surface area contributed by atoms with Crippen molar-refractivity contribution in [2.24, 2.45) is 0 Å². The van der Waals surface area contributed by atoms with Crippen molar-refractivity contribution in [1.29, 1.82) is 0 Å². The Balaban J connectivity index is 3.36. The molecule has 19 heavy (non-hydrogen) atoms. The van der Waals surface area contributed by atoms with Crippen LogP contribution in [0.15, 0.2) is 23.1 Å². The lowest BCUT2D eigenvalue weighted by molar-refractivity contribution is 0.0696. The fraction of sp³-hybridized carbons (Fsp3) is 0.462. The van der Waals surface area contributed by atoms with Gasteiger partial charge in [-0.3, -0.25) is 0 Å². The van der Waals surface area contributed by atoms with Crippen LogP contribution in [0, 0.1) is 6.92 Å². The van der Waals surface area contributed by atoms with Gasteiger partial charge in [0.1, 0.15) is 0 Å². The van der Waals surface area contributed by atoms with E-state index >= 15 is 0 Å². The quantitative estimate of drug-likeness (QED) is 0.899. The van der Waals surface area contributed by atoms with Gasteiger partial charge in [0.15, 0.2) is 0 Å². The minimum absolute atomic E-state index is 0.0262. The maximum Gasteiger partial charge on any atom is 0.335 e. The summed E-state index contributed by atoms with van der Waals surface area (Å²) in [6.07, 6.45) is 0.688. The van der Waals surface area contributed by atoms with Crippen LogP contribution < -0.4 is 0 Å². The maximum atomic E-state index is 12.5. The molecule has 1 aromatic carbocycles. The summed E-state index contributed by atoms with van der Waals surface area (Å²) in [6, 6.07) is 3.99. The molecule has 0 saturated heterocycles. The fourth-order valence-electron chi connectivity index (χ4n) is 1.66. The van der Waals surface area contributed by atoms with Gasteiger partial charge in [0.05, 0.1) is 10.5 Å². The van der Waals surface area contributed by atoms with Gasteiger partial charge in [-0.1, -0.05) is 13.0 Å². The molecule has 0 aromatic heterocycles. The van der Waals surface area contributed by atoms with E-state index in [0.717, 1.165) is 0 Å². The van der Waals surface area contributed by atoms with Crippen LogP contribution in [0.1, 0.15) is 36.2 Å². The van der Waals surface area contributed by atoms with Crippen LogP contribution >= 0.6 is 0 Å². The highest BCUT2D eigenvalue weighted by Gasteiger charge is 2.26. The van der Waals surface area contributed by atoms with Crippen LogP contribution in [0.3, 0.4) is 0 Å². The first-order valence-corrected chi connectivity index (χ1v) is 7.47.